The van der Waals surface area contributed by atoms with Gasteiger partial charge in [0.1, 0.15) is 24.8 Å². The van der Waals surface area contributed by atoms with Crippen LogP contribution in [0.5, 0.6) is 11.5 Å². The molecule has 12 heteroatoms. The Balaban J connectivity index is 1.42. The quantitative estimate of drug-likeness (QED) is 0.360. The van der Waals surface area contributed by atoms with E-state index >= 15 is 0 Å². The first-order valence-electron chi connectivity index (χ1n) is 11.8. The van der Waals surface area contributed by atoms with E-state index in [1.165, 1.54) is 0 Å². The first kappa shape index (κ1) is 25.2. The van der Waals surface area contributed by atoms with Gasteiger partial charge in [-0.05, 0) is 53.9 Å². The van der Waals surface area contributed by atoms with E-state index in [-0.39, 0.29) is 18.7 Å². The highest BCUT2D eigenvalue weighted by molar-refractivity contribution is 7.92. The summed E-state index contributed by atoms with van der Waals surface area (Å²) in [4.78, 5) is 25.0. The molecule has 0 spiro atoms. The fourth-order valence-corrected chi connectivity index (χ4v) is 5.54. The predicted molar refractivity (Wildman–Crippen MR) is 140 cm³/mol. The molecule has 5 rings (SSSR count). The smallest absolute Gasteiger partial charge is 0.327 e. The Hall–Kier alpha value is -4.45. The van der Waals surface area contributed by atoms with Gasteiger partial charge in [0.15, 0.2) is 11.5 Å². The fraction of sp³-hybridized carbons (Fsp3) is 0.231. The van der Waals surface area contributed by atoms with Crippen molar-refractivity contribution in [2.75, 3.05) is 23.8 Å². The summed E-state index contributed by atoms with van der Waals surface area (Å²) in [7, 11) is -4.01. The summed E-state index contributed by atoms with van der Waals surface area (Å²) in [6.45, 7) is 0.788. The topological polar surface area (TPSA) is 141 Å². The number of rotatable bonds is 8. The van der Waals surface area contributed by atoms with Crippen LogP contribution >= 0.6 is 0 Å². The molecule has 0 bridgehead atoms. The zero-order valence-electron chi connectivity index (χ0n) is 20.4. The summed E-state index contributed by atoms with van der Waals surface area (Å²) in [5.74, 6) is -0.0823. The highest BCUT2D eigenvalue weighted by Crippen LogP contribution is 2.35. The van der Waals surface area contributed by atoms with E-state index in [9.17, 15) is 23.1 Å². The Labute approximate surface area is 217 Å². The molecule has 2 heterocycles. The summed E-state index contributed by atoms with van der Waals surface area (Å²) in [6.07, 6.45) is 0.735. The van der Waals surface area contributed by atoms with Gasteiger partial charge in [-0.15, -0.1) is 5.10 Å². The number of aromatic nitrogens is 3. The van der Waals surface area contributed by atoms with Gasteiger partial charge in [-0.1, -0.05) is 35.5 Å². The highest BCUT2D eigenvalue weighted by Gasteiger charge is 2.33. The monoisotopic (exact) mass is 536 g/mol. The molecule has 0 radical (unpaired) electrons. The molecule has 1 aliphatic heterocycles. The number of benzene rings is 3. The number of ether oxygens (including phenoxy) is 2. The van der Waals surface area contributed by atoms with Crippen molar-refractivity contribution >= 4 is 32.6 Å². The van der Waals surface area contributed by atoms with Gasteiger partial charge in [-0.25, -0.2) is 17.9 Å². The molecule has 0 amide bonds. The molecule has 3 aromatic carbocycles. The van der Waals surface area contributed by atoms with E-state index in [0.29, 0.717) is 35.6 Å². The largest absolute Gasteiger partial charge is 0.486 e. The van der Waals surface area contributed by atoms with Gasteiger partial charge in [0.25, 0.3) is 5.56 Å². The predicted octanol–water partition coefficient (Wildman–Crippen LogP) is 2.54. The lowest BCUT2D eigenvalue weighted by Crippen LogP contribution is -2.46. The molecule has 0 saturated heterocycles. The number of anilines is 1. The molecule has 1 atom stereocenters. The number of aliphatic carboxylic acids is 1. The molecule has 38 heavy (non-hydrogen) atoms. The van der Waals surface area contributed by atoms with Crippen LogP contribution in [0.1, 0.15) is 6.42 Å². The lowest BCUT2D eigenvalue weighted by Gasteiger charge is -2.29. The minimum atomic E-state index is -4.01. The van der Waals surface area contributed by atoms with Crippen molar-refractivity contribution in [1.82, 2.24) is 15.0 Å². The highest BCUT2D eigenvalue weighted by atomic mass is 32.2. The van der Waals surface area contributed by atoms with Gasteiger partial charge in [0, 0.05) is 6.54 Å². The van der Waals surface area contributed by atoms with E-state index < -0.39 is 27.6 Å². The number of hydrogen-bond acceptors (Lipinski definition) is 8. The molecule has 0 unspecified atom stereocenters. The molecular formula is C26H24N4O7S. The zero-order valence-corrected chi connectivity index (χ0v) is 21.2. The Morgan fingerprint density at radius 1 is 1.03 bits per heavy atom. The Kier molecular flexibility index (Phi) is 6.72. The fourth-order valence-electron chi connectivity index (χ4n) is 4.38. The van der Waals surface area contributed by atoms with Crippen LogP contribution in [0.25, 0.3) is 22.0 Å². The van der Waals surface area contributed by atoms with Crippen molar-refractivity contribution in [2.24, 2.45) is 0 Å². The average molecular weight is 537 g/mol. The standard InChI is InChI=1S/C26H24N4O7S/c1-38(34,35)30(19-9-6-17(7-10-19)18-8-11-23-24(16-18)37-15-14-36-23)22(26(32)33)12-13-29-25(31)20-4-2-3-5-21(20)27-28-29/h2-11,16,22H,12-15H2,1H3,(H,32,33)/t22-/m1/s1. The number of aryl methyl sites for hydroxylation is 1. The molecule has 196 valence electrons. The number of sulfonamides is 1. The molecule has 4 aromatic rings. The van der Waals surface area contributed by atoms with Crippen LogP contribution in [0, 0.1) is 0 Å². The van der Waals surface area contributed by atoms with Gasteiger partial charge in [0.2, 0.25) is 10.0 Å². The molecule has 1 aromatic heterocycles. The molecule has 0 fully saturated rings. The Bertz CT molecular complexity index is 1670. The third-order valence-electron chi connectivity index (χ3n) is 6.17. The van der Waals surface area contributed by atoms with E-state index in [0.717, 1.165) is 26.4 Å². The van der Waals surface area contributed by atoms with Crippen LogP contribution in [0.4, 0.5) is 5.69 Å². The number of carboxylic acid groups (broad SMARTS) is 1. The van der Waals surface area contributed by atoms with Gasteiger partial charge >= 0.3 is 5.97 Å². The van der Waals surface area contributed by atoms with Crippen LogP contribution in [0.15, 0.2) is 71.5 Å². The van der Waals surface area contributed by atoms with Gasteiger partial charge in [0.05, 0.1) is 17.3 Å². The van der Waals surface area contributed by atoms with Crippen molar-refractivity contribution in [3.8, 4) is 22.6 Å². The number of carboxylic acids is 1. The maximum absolute atomic E-state index is 12.8. The summed E-state index contributed by atoms with van der Waals surface area (Å²) in [5, 5.41) is 18.2. The first-order valence-corrected chi connectivity index (χ1v) is 13.6. The third-order valence-corrected chi connectivity index (χ3v) is 7.35. The zero-order chi connectivity index (χ0) is 26.9. The number of nitrogens with zero attached hydrogens (tertiary/aromatic N) is 4. The number of carbonyl (C=O) groups is 1. The van der Waals surface area contributed by atoms with E-state index in [4.69, 9.17) is 9.47 Å². The summed E-state index contributed by atoms with van der Waals surface area (Å²) >= 11 is 0. The van der Waals surface area contributed by atoms with Crippen LogP contribution in [-0.4, -0.2) is 60.0 Å². The lowest BCUT2D eigenvalue weighted by atomic mass is 10.0. The first-order chi connectivity index (χ1) is 18.2. The lowest BCUT2D eigenvalue weighted by molar-refractivity contribution is -0.138. The van der Waals surface area contributed by atoms with Crippen molar-refractivity contribution in [3.63, 3.8) is 0 Å². The average Bonchev–Trinajstić information content (AvgIpc) is 2.91. The van der Waals surface area contributed by atoms with Crippen LogP contribution < -0.4 is 19.3 Å². The van der Waals surface area contributed by atoms with Crippen LogP contribution in [0.2, 0.25) is 0 Å². The van der Waals surface area contributed by atoms with E-state index in [2.05, 4.69) is 10.3 Å². The molecular weight excluding hydrogens is 512 g/mol. The number of fused-ring (bicyclic) bond motifs is 2. The minimum absolute atomic E-state index is 0.144. The Morgan fingerprint density at radius 2 is 1.71 bits per heavy atom. The normalized spacial score (nSPS) is 13.7. The van der Waals surface area contributed by atoms with Crippen molar-refractivity contribution in [3.05, 3.63) is 77.1 Å². The second kappa shape index (κ2) is 10.1. The van der Waals surface area contributed by atoms with Gasteiger partial charge in [-0.3, -0.25) is 9.10 Å². The van der Waals surface area contributed by atoms with Crippen LogP contribution in [-0.2, 0) is 21.4 Å². The van der Waals surface area contributed by atoms with Crippen molar-refractivity contribution in [1.29, 1.82) is 0 Å². The molecule has 1 N–H and O–H groups in total. The third kappa shape index (κ3) is 5.02. The van der Waals surface area contributed by atoms with E-state index in [1.807, 2.05) is 12.1 Å². The van der Waals surface area contributed by atoms with Crippen molar-refractivity contribution in [2.45, 2.75) is 19.0 Å². The molecule has 0 saturated carbocycles. The maximum atomic E-state index is 12.8. The maximum Gasteiger partial charge on any atom is 0.327 e. The summed E-state index contributed by atoms with van der Waals surface area (Å²) in [6, 6.07) is 17.2. The summed E-state index contributed by atoms with van der Waals surface area (Å²) in [5.41, 5.74) is 1.77. The SMILES string of the molecule is CS(=O)(=O)N(c1ccc(-c2ccc3c(c2)OCCO3)cc1)[C@H](CCn1nnc2ccccc2c1=O)C(=O)O. The second-order valence-electron chi connectivity index (χ2n) is 8.74. The molecule has 0 aliphatic carbocycles. The second-order valence-corrected chi connectivity index (χ2v) is 10.6. The van der Waals surface area contributed by atoms with Crippen LogP contribution in [0.3, 0.4) is 0 Å². The Morgan fingerprint density at radius 3 is 2.42 bits per heavy atom. The van der Waals surface area contributed by atoms with Gasteiger partial charge < -0.3 is 14.6 Å². The number of hydrogen-bond donors (Lipinski definition) is 1. The van der Waals surface area contributed by atoms with Gasteiger partial charge in [-0.2, -0.15) is 0 Å². The van der Waals surface area contributed by atoms with Crippen molar-refractivity contribution < 1.29 is 27.8 Å². The van der Waals surface area contributed by atoms with E-state index in [1.54, 1.807) is 54.6 Å². The minimum Gasteiger partial charge on any atom is -0.486 e. The molecule has 1 aliphatic rings. The summed E-state index contributed by atoms with van der Waals surface area (Å²) < 4.78 is 38.6. The molecule has 11 nitrogen and oxygen atoms in total.